The first-order valence-corrected chi connectivity index (χ1v) is 5.78. The molecule has 1 fully saturated rings. The first-order valence-electron chi connectivity index (χ1n) is 5.78. The fraction of sp³-hybridized carbons (Fsp3) is 0.333. The molecule has 0 aliphatic carbocycles. The predicted molar refractivity (Wildman–Crippen MR) is 67.4 cm³/mol. The van der Waals surface area contributed by atoms with Gasteiger partial charge in [0.05, 0.1) is 5.69 Å². The molecule has 2 N–H and O–H groups in total. The molecule has 5 heteroatoms. The number of aromatic amines is 1. The van der Waals surface area contributed by atoms with Crippen LogP contribution in [-0.2, 0) is 0 Å². The van der Waals surface area contributed by atoms with Crippen LogP contribution in [0.3, 0.4) is 0 Å². The molecule has 3 rings (SSSR count). The minimum absolute atomic E-state index is 0.0928. The van der Waals surface area contributed by atoms with Crippen molar-refractivity contribution in [3.8, 4) is 0 Å². The van der Waals surface area contributed by atoms with E-state index in [1.54, 1.807) is 12.3 Å². The zero-order valence-corrected chi connectivity index (χ0v) is 9.44. The summed E-state index contributed by atoms with van der Waals surface area (Å²) in [4.78, 5) is 20.8. The van der Waals surface area contributed by atoms with Gasteiger partial charge < -0.3 is 15.2 Å². The summed E-state index contributed by atoms with van der Waals surface area (Å²) in [7, 11) is 0. The van der Waals surface area contributed by atoms with Crippen LogP contribution in [-0.4, -0.2) is 36.1 Å². The molecular formula is C12H14N4O. The Morgan fingerprint density at radius 1 is 1.29 bits per heavy atom. The van der Waals surface area contributed by atoms with E-state index in [0.717, 1.165) is 37.3 Å². The van der Waals surface area contributed by atoms with Crippen LogP contribution in [0.5, 0.6) is 0 Å². The first-order chi connectivity index (χ1) is 8.34. The van der Waals surface area contributed by atoms with Gasteiger partial charge in [-0.2, -0.15) is 0 Å². The minimum atomic E-state index is -0.0928. The number of pyridine rings is 2. The van der Waals surface area contributed by atoms with Gasteiger partial charge in [0.1, 0.15) is 5.65 Å². The largest absolute Gasteiger partial charge is 0.368 e. The summed E-state index contributed by atoms with van der Waals surface area (Å²) in [5.41, 5.74) is 1.55. The van der Waals surface area contributed by atoms with Gasteiger partial charge in [-0.25, -0.2) is 4.98 Å². The summed E-state index contributed by atoms with van der Waals surface area (Å²) in [6, 6.07) is 5.55. The Balaban J connectivity index is 2.16. The van der Waals surface area contributed by atoms with Crippen LogP contribution < -0.4 is 15.8 Å². The van der Waals surface area contributed by atoms with Gasteiger partial charge in [0.25, 0.3) is 5.56 Å². The molecule has 0 radical (unpaired) electrons. The lowest BCUT2D eigenvalue weighted by Crippen LogP contribution is -2.43. The Bertz CT molecular complexity index is 586. The van der Waals surface area contributed by atoms with E-state index in [2.05, 4.69) is 20.2 Å². The van der Waals surface area contributed by atoms with E-state index < -0.39 is 0 Å². The van der Waals surface area contributed by atoms with Crippen molar-refractivity contribution in [1.82, 2.24) is 15.3 Å². The van der Waals surface area contributed by atoms with Crippen molar-refractivity contribution in [3.05, 3.63) is 34.7 Å². The predicted octanol–water partition coefficient (Wildman–Crippen LogP) is 0.333. The maximum atomic E-state index is 11.6. The number of nitrogens with one attached hydrogen (secondary N) is 2. The molecule has 2 aromatic heterocycles. The summed E-state index contributed by atoms with van der Waals surface area (Å²) < 4.78 is 0. The van der Waals surface area contributed by atoms with E-state index in [1.807, 2.05) is 12.1 Å². The quantitative estimate of drug-likeness (QED) is 0.741. The van der Waals surface area contributed by atoms with Crippen LogP contribution in [0.25, 0.3) is 11.0 Å². The molecule has 0 aromatic carbocycles. The monoisotopic (exact) mass is 230 g/mol. The minimum Gasteiger partial charge on any atom is -0.368 e. The van der Waals surface area contributed by atoms with Gasteiger partial charge in [-0.1, -0.05) is 0 Å². The second kappa shape index (κ2) is 4.18. The molecular weight excluding hydrogens is 216 g/mol. The molecule has 3 heterocycles. The van der Waals surface area contributed by atoms with Crippen LogP contribution >= 0.6 is 0 Å². The number of nitrogens with zero attached hydrogens (tertiary/aromatic N) is 2. The number of H-pyrrole nitrogens is 1. The number of hydrogen-bond acceptors (Lipinski definition) is 4. The molecule has 0 unspecified atom stereocenters. The zero-order valence-electron chi connectivity index (χ0n) is 9.44. The zero-order chi connectivity index (χ0) is 11.7. The summed E-state index contributed by atoms with van der Waals surface area (Å²) in [5, 5.41) is 4.31. The smallest absolute Gasteiger partial charge is 0.251 e. The lowest BCUT2D eigenvalue weighted by molar-refractivity contribution is 0.590. The Morgan fingerprint density at radius 3 is 2.94 bits per heavy atom. The lowest BCUT2D eigenvalue weighted by atomic mass is 10.2. The Kier molecular flexibility index (Phi) is 2.53. The van der Waals surface area contributed by atoms with E-state index in [1.165, 1.54) is 0 Å². The lowest BCUT2D eigenvalue weighted by Gasteiger charge is -2.29. The van der Waals surface area contributed by atoms with Crippen molar-refractivity contribution in [2.45, 2.75) is 0 Å². The molecule has 0 saturated carbocycles. The first kappa shape index (κ1) is 10.3. The van der Waals surface area contributed by atoms with Gasteiger partial charge in [-0.3, -0.25) is 4.79 Å². The van der Waals surface area contributed by atoms with Crippen LogP contribution in [0, 0.1) is 0 Å². The highest BCUT2D eigenvalue weighted by molar-refractivity contribution is 5.88. The highest BCUT2D eigenvalue weighted by Gasteiger charge is 2.14. The molecule has 0 atom stereocenters. The number of rotatable bonds is 1. The standard InChI is InChI=1S/C12H14N4O/c17-11-8-10(16-6-4-13-5-7-16)9-2-1-3-14-12(9)15-11/h1-3,8,13H,4-7H2,(H,14,15,17). The summed E-state index contributed by atoms with van der Waals surface area (Å²) >= 11 is 0. The van der Waals surface area contributed by atoms with Crippen molar-refractivity contribution in [1.29, 1.82) is 0 Å². The maximum Gasteiger partial charge on any atom is 0.251 e. The Hall–Kier alpha value is -1.88. The van der Waals surface area contributed by atoms with Crippen molar-refractivity contribution in [2.24, 2.45) is 0 Å². The van der Waals surface area contributed by atoms with Crippen LogP contribution in [0.1, 0.15) is 0 Å². The molecule has 5 nitrogen and oxygen atoms in total. The fourth-order valence-electron chi connectivity index (χ4n) is 2.23. The second-order valence-corrected chi connectivity index (χ2v) is 4.16. The van der Waals surface area contributed by atoms with E-state index in [4.69, 9.17) is 0 Å². The fourth-order valence-corrected chi connectivity index (χ4v) is 2.23. The van der Waals surface area contributed by atoms with Gasteiger partial charge in [-0.05, 0) is 12.1 Å². The number of hydrogen-bond donors (Lipinski definition) is 2. The number of anilines is 1. The van der Waals surface area contributed by atoms with Gasteiger partial charge in [0.2, 0.25) is 0 Å². The highest BCUT2D eigenvalue weighted by Crippen LogP contribution is 2.22. The van der Waals surface area contributed by atoms with Crippen molar-refractivity contribution in [3.63, 3.8) is 0 Å². The number of piperazine rings is 1. The average molecular weight is 230 g/mol. The number of aromatic nitrogens is 2. The maximum absolute atomic E-state index is 11.6. The molecule has 1 aliphatic heterocycles. The van der Waals surface area contributed by atoms with E-state index in [0.29, 0.717) is 5.65 Å². The Labute approximate surface area is 98.5 Å². The van der Waals surface area contributed by atoms with E-state index in [9.17, 15) is 4.79 Å². The average Bonchev–Trinajstić information content (AvgIpc) is 2.39. The third-order valence-electron chi connectivity index (χ3n) is 3.05. The van der Waals surface area contributed by atoms with E-state index in [-0.39, 0.29) is 5.56 Å². The third-order valence-corrected chi connectivity index (χ3v) is 3.05. The Morgan fingerprint density at radius 2 is 2.12 bits per heavy atom. The molecule has 88 valence electrons. The van der Waals surface area contributed by atoms with Crippen LogP contribution in [0.4, 0.5) is 5.69 Å². The van der Waals surface area contributed by atoms with Gasteiger partial charge >= 0.3 is 0 Å². The topological polar surface area (TPSA) is 61.0 Å². The molecule has 0 spiro atoms. The molecule has 17 heavy (non-hydrogen) atoms. The molecule has 0 bridgehead atoms. The molecule has 1 aliphatic rings. The molecule has 0 amide bonds. The summed E-state index contributed by atoms with van der Waals surface area (Å²) in [5.74, 6) is 0. The molecule has 2 aromatic rings. The third kappa shape index (κ3) is 1.89. The van der Waals surface area contributed by atoms with E-state index >= 15 is 0 Å². The van der Waals surface area contributed by atoms with Gasteiger partial charge in [0, 0.05) is 43.8 Å². The van der Waals surface area contributed by atoms with Crippen LogP contribution in [0.15, 0.2) is 29.2 Å². The summed E-state index contributed by atoms with van der Waals surface area (Å²) in [6.45, 7) is 3.75. The van der Waals surface area contributed by atoms with Gasteiger partial charge in [0.15, 0.2) is 0 Å². The van der Waals surface area contributed by atoms with Crippen molar-refractivity contribution >= 4 is 16.7 Å². The molecule has 1 saturated heterocycles. The SMILES string of the molecule is O=c1cc(N2CCNCC2)c2cccnc2[nH]1. The normalized spacial score (nSPS) is 16.4. The number of fused-ring (bicyclic) bond motifs is 1. The summed E-state index contributed by atoms with van der Waals surface area (Å²) in [6.07, 6.45) is 1.69. The second-order valence-electron chi connectivity index (χ2n) is 4.16. The van der Waals surface area contributed by atoms with Crippen LogP contribution in [0.2, 0.25) is 0 Å². The van der Waals surface area contributed by atoms with Crippen molar-refractivity contribution < 1.29 is 0 Å². The highest BCUT2D eigenvalue weighted by atomic mass is 16.1. The van der Waals surface area contributed by atoms with Gasteiger partial charge in [-0.15, -0.1) is 0 Å². The van der Waals surface area contributed by atoms with Crippen molar-refractivity contribution in [2.75, 3.05) is 31.1 Å².